The lowest BCUT2D eigenvalue weighted by molar-refractivity contribution is 0.272. The quantitative estimate of drug-likeness (QED) is 0.796. The molecule has 1 aliphatic rings. The van der Waals surface area contributed by atoms with Crippen molar-refractivity contribution in [3.05, 3.63) is 29.0 Å². The second-order valence-electron chi connectivity index (χ2n) is 4.76. The zero-order valence-corrected chi connectivity index (χ0v) is 14.3. The second-order valence-corrected chi connectivity index (χ2v) is 9.33. The fourth-order valence-electron chi connectivity index (χ4n) is 2.19. The molecule has 0 unspecified atom stereocenters. The number of sulfonamides is 2. The lowest BCUT2D eigenvalue weighted by atomic mass is 10.3. The third-order valence-corrected chi connectivity index (χ3v) is 7.58. The van der Waals surface area contributed by atoms with Gasteiger partial charge in [-0.25, -0.2) is 21.2 Å². The summed E-state index contributed by atoms with van der Waals surface area (Å²) in [4.78, 5) is -0.494. The highest BCUT2D eigenvalue weighted by Crippen LogP contribution is 2.25. The Morgan fingerprint density at radius 3 is 2.18 bits per heavy atom. The largest absolute Gasteiger partial charge is 0.246 e. The van der Waals surface area contributed by atoms with Crippen LogP contribution in [0.5, 0.6) is 0 Å². The summed E-state index contributed by atoms with van der Waals surface area (Å²) in [5, 5.41) is -0.270. The maximum Gasteiger partial charge on any atom is 0.246 e. The Kier molecular flexibility index (Phi) is 5.13. The van der Waals surface area contributed by atoms with E-state index >= 15 is 0 Å². The van der Waals surface area contributed by atoms with Crippen LogP contribution in [0.2, 0.25) is 5.02 Å². The van der Waals surface area contributed by atoms with Crippen LogP contribution in [-0.4, -0.2) is 57.4 Å². The summed E-state index contributed by atoms with van der Waals surface area (Å²) in [5.41, 5.74) is 0. The van der Waals surface area contributed by atoms with Gasteiger partial charge in [0, 0.05) is 26.2 Å². The zero-order valence-electron chi connectivity index (χ0n) is 11.9. The molecule has 0 bridgehead atoms. The summed E-state index contributed by atoms with van der Waals surface area (Å²) in [6.07, 6.45) is 0. The molecule has 0 N–H and O–H groups in total. The van der Waals surface area contributed by atoms with Gasteiger partial charge in [0.25, 0.3) is 0 Å². The Balaban J connectivity index is 2.22. The predicted molar refractivity (Wildman–Crippen MR) is 81.2 cm³/mol. The van der Waals surface area contributed by atoms with Crippen molar-refractivity contribution in [3.8, 4) is 0 Å². The molecule has 1 aliphatic heterocycles. The SMILES string of the molecule is CCS(=O)(=O)N1CCN(S(=O)(=O)c2cccc(Cl)c2F)CC1. The van der Waals surface area contributed by atoms with Crippen molar-refractivity contribution in [2.24, 2.45) is 0 Å². The van der Waals surface area contributed by atoms with Crippen LogP contribution in [0.4, 0.5) is 4.39 Å². The van der Waals surface area contributed by atoms with Gasteiger partial charge in [-0.05, 0) is 19.1 Å². The molecule has 0 saturated carbocycles. The molecule has 0 aromatic heterocycles. The summed E-state index contributed by atoms with van der Waals surface area (Å²) in [7, 11) is -7.39. The molecule has 1 aromatic rings. The first-order valence-electron chi connectivity index (χ1n) is 6.62. The van der Waals surface area contributed by atoms with E-state index in [2.05, 4.69) is 0 Å². The molecule has 0 radical (unpaired) electrons. The van der Waals surface area contributed by atoms with Crippen molar-refractivity contribution in [2.45, 2.75) is 11.8 Å². The van der Waals surface area contributed by atoms with Gasteiger partial charge in [-0.2, -0.15) is 8.61 Å². The van der Waals surface area contributed by atoms with Crippen LogP contribution in [-0.2, 0) is 20.0 Å². The van der Waals surface area contributed by atoms with Crippen molar-refractivity contribution < 1.29 is 21.2 Å². The fourth-order valence-corrected chi connectivity index (χ4v) is 5.02. The molecule has 0 amide bonds. The van der Waals surface area contributed by atoms with Crippen LogP contribution in [0, 0.1) is 5.82 Å². The van der Waals surface area contributed by atoms with Crippen molar-refractivity contribution >= 4 is 31.6 Å². The zero-order chi connectivity index (χ0) is 16.5. The van der Waals surface area contributed by atoms with E-state index in [1.165, 1.54) is 23.4 Å². The molecule has 1 heterocycles. The maximum atomic E-state index is 13.9. The van der Waals surface area contributed by atoms with Crippen LogP contribution >= 0.6 is 11.6 Å². The third-order valence-electron chi connectivity index (χ3n) is 3.49. The Morgan fingerprint density at radius 1 is 1.09 bits per heavy atom. The molecule has 10 heteroatoms. The molecule has 1 aromatic carbocycles. The number of nitrogens with zero attached hydrogens (tertiary/aromatic N) is 2. The van der Waals surface area contributed by atoms with Gasteiger partial charge in [-0.1, -0.05) is 17.7 Å². The van der Waals surface area contributed by atoms with Crippen LogP contribution in [0.25, 0.3) is 0 Å². The fraction of sp³-hybridized carbons (Fsp3) is 0.500. The molecule has 124 valence electrons. The smallest absolute Gasteiger partial charge is 0.212 e. The van der Waals surface area contributed by atoms with E-state index in [1.807, 2.05) is 0 Å². The first-order valence-corrected chi connectivity index (χ1v) is 10.0. The van der Waals surface area contributed by atoms with Crippen molar-refractivity contribution in [2.75, 3.05) is 31.9 Å². The topological polar surface area (TPSA) is 74.8 Å². The normalized spacial score (nSPS) is 18.5. The van der Waals surface area contributed by atoms with E-state index in [0.717, 1.165) is 10.4 Å². The lowest BCUT2D eigenvalue weighted by Gasteiger charge is -2.33. The van der Waals surface area contributed by atoms with E-state index in [4.69, 9.17) is 11.6 Å². The number of hydrogen-bond acceptors (Lipinski definition) is 4. The number of halogens is 2. The van der Waals surface area contributed by atoms with Crippen molar-refractivity contribution in [1.82, 2.24) is 8.61 Å². The van der Waals surface area contributed by atoms with Gasteiger partial charge in [0.1, 0.15) is 4.90 Å². The van der Waals surface area contributed by atoms with Crippen LogP contribution in [0.3, 0.4) is 0 Å². The van der Waals surface area contributed by atoms with Crippen LogP contribution < -0.4 is 0 Å². The summed E-state index contributed by atoms with van der Waals surface area (Å²) < 4.78 is 64.7. The lowest BCUT2D eigenvalue weighted by Crippen LogP contribution is -2.50. The second kappa shape index (κ2) is 6.40. The highest BCUT2D eigenvalue weighted by molar-refractivity contribution is 7.89. The highest BCUT2D eigenvalue weighted by atomic mass is 35.5. The standard InChI is InChI=1S/C12H16ClFN2O4S2/c1-2-21(17,18)15-6-8-16(9-7-15)22(19,20)11-5-3-4-10(13)12(11)14/h3-5H,2,6-9H2,1H3. The van der Waals surface area contributed by atoms with Crippen LogP contribution in [0.15, 0.2) is 23.1 Å². The minimum Gasteiger partial charge on any atom is -0.212 e. The number of hydrogen-bond donors (Lipinski definition) is 0. The van der Waals surface area contributed by atoms with E-state index in [0.29, 0.717) is 0 Å². The molecule has 0 spiro atoms. The monoisotopic (exact) mass is 370 g/mol. The minimum absolute atomic E-state index is 0.0203. The molecule has 1 fully saturated rings. The molecular weight excluding hydrogens is 355 g/mol. The van der Waals surface area contributed by atoms with Crippen molar-refractivity contribution in [1.29, 1.82) is 0 Å². The maximum absolute atomic E-state index is 13.9. The van der Waals surface area contributed by atoms with Gasteiger partial charge < -0.3 is 0 Å². The van der Waals surface area contributed by atoms with E-state index in [9.17, 15) is 21.2 Å². The molecule has 0 atom stereocenters. The molecule has 1 saturated heterocycles. The number of piperazine rings is 1. The summed E-state index contributed by atoms with van der Waals surface area (Å²) in [5.74, 6) is -1.03. The Hall–Kier alpha value is -0.740. The van der Waals surface area contributed by atoms with E-state index < -0.39 is 30.8 Å². The first kappa shape index (κ1) is 17.6. The Morgan fingerprint density at radius 2 is 1.64 bits per heavy atom. The Labute approximate surface area is 134 Å². The molecular formula is C12H16ClFN2O4S2. The van der Waals surface area contributed by atoms with E-state index in [1.54, 1.807) is 0 Å². The number of benzene rings is 1. The molecule has 2 rings (SSSR count). The van der Waals surface area contributed by atoms with Gasteiger partial charge >= 0.3 is 0 Å². The van der Waals surface area contributed by atoms with Crippen LogP contribution in [0.1, 0.15) is 6.92 Å². The Bertz CT molecular complexity index is 759. The molecule has 0 aliphatic carbocycles. The van der Waals surface area contributed by atoms with Gasteiger partial charge in [-0.3, -0.25) is 0 Å². The minimum atomic E-state index is -4.04. The molecule has 22 heavy (non-hydrogen) atoms. The third kappa shape index (κ3) is 3.28. The van der Waals surface area contributed by atoms with Gasteiger partial charge in [0.2, 0.25) is 20.0 Å². The average Bonchev–Trinajstić information content (AvgIpc) is 2.50. The van der Waals surface area contributed by atoms with E-state index in [-0.39, 0.29) is 37.0 Å². The number of rotatable bonds is 4. The highest BCUT2D eigenvalue weighted by Gasteiger charge is 2.33. The predicted octanol–water partition coefficient (Wildman–Crippen LogP) is 1.14. The van der Waals surface area contributed by atoms with Gasteiger partial charge in [0.05, 0.1) is 10.8 Å². The van der Waals surface area contributed by atoms with Crippen molar-refractivity contribution in [3.63, 3.8) is 0 Å². The summed E-state index contributed by atoms with van der Waals surface area (Å²) >= 11 is 5.62. The first-order chi connectivity index (χ1) is 10.2. The summed E-state index contributed by atoms with van der Waals surface area (Å²) in [6, 6.07) is 3.77. The molecule has 6 nitrogen and oxygen atoms in total. The van der Waals surface area contributed by atoms with Gasteiger partial charge in [0.15, 0.2) is 5.82 Å². The summed E-state index contributed by atoms with van der Waals surface area (Å²) in [6.45, 7) is 1.59. The average molecular weight is 371 g/mol. The van der Waals surface area contributed by atoms with Gasteiger partial charge in [-0.15, -0.1) is 0 Å².